The number of carbonyl (C=O) groups excluding carboxylic acids is 2. The van der Waals surface area contributed by atoms with Gasteiger partial charge in [0.25, 0.3) is 0 Å². The van der Waals surface area contributed by atoms with E-state index < -0.39 is 17.5 Å². The molecule has 0 bridgehead atoms. The van der Waals surface area contributed by atoms with E-state index in [2.05, 4.69) is 4.74 Å². The molecule has 0 unspecified atom stereocenters. The molecule has 0 aliphatic heterocycles. The minimum Gasteiger partial charge on any atom is -0.502 e. The predicted molar refractivity (Wildman–Crippen MR) is 64.7 cm³/mol. The lowest BCUT2D eigenvalue weighted by molar-refractivity contribution is -0.141. The number of hydrogen-bond donors (Lipinski definition) is 1. The Hall–Kier alpha value is -2.30. The average molecular weight is 250 g/mol. The van der Waals surface area contributed by atoms with Crippen LogP contribution < -0.4 is 4.74 Å². The molecule has 0 aliphatic carbocycles. The molecule has 96 valence electrons. The summed E-state index contributed by atoms with van der Waals surface area (Å²) < 4.78 is 9.50. The second kappa shape index (κ2) is 6.44. The molecule has 0 amide bonds. The second-order valence-electron chi connectivity index (χ2n) is 3.34. The van der Waals surface area contributed by atoms with Crippen LogP contribution in [-0.2, 0) is 9.53 Å². The molecule has 0 aromatic heterocycles. The van der Waals surface area contributed by atoms with Gasteiger partial charge in [0.05, 0.1) is 13.7 Å². The SMILES string of the molecule is CCOC(=O)/C(O)=C/C(=O)c1ccc(OC)cc1. The van der Waals surface area contributed by atoms with E-state index in [9.17, 15) is 14.7 Å². The van der Waals surface area contributed by atoms with Gasteiger partial charge in [-0.15, -0.1) is 0 Å². The van der Waals surface area contributed by atoms with E-state index in [0.717, 1.165) is 6.08 Å². The van der Waals surface area contributed by atoms with Gasteiger partial charge in [0.1, 0.15) is 5.75 Å². The predicted octanol–water partition coefficient (Wildman–Crippen LogP) is 1.88. The van der Waals surface area contributed by atoms with Gasteiger partial charge in [-0.1, -0.05) is 0 Å². The van der Waals surface area contributed by atoms with Crippen LogP contribution in [0.3, 0.4) is 0 Å². The van der Waals surface area contributed by atoms with Crippen LogP contribution in [0.25, 0.3) is 0 Å². The maximum absolute atomic E-state index is 11.7. The molecule has 1 aromatic rings. The molecule has 0 heterocycles. The monoisotopic (exact) mass is 250 g/mol. The normalized spacial score (nSPS) is 10.9. The number of allylic oxidation sites excluding steroid dienone is 1. The highest BCUT2D eigenvalue weighted by atomic mass is 16.5. The lowest BCUT2D eigenvalue weighted by Crippen LogP contribution is -2.09. The molecule has 18 heavy (non-hydrogen) atoms. The smallest absolute Gasteiger partial charge is 0.373 e. The summed E-state index contributed by atoms with van der Waals surface area (Å²) in [5.74, 6) is -1.50. The highest BCUT2D eigenvalue weighted by Crippen LogP contribution is 2.12. The summed E-state index contributed by atoms with van der Waals surface area (Å²) in [6.07, 6.45) is 0.833. The number of ketones is 1. The highest BCUT2D eigenvalue weighted by molar-refractivity contribution is 6.07. The maximum atomic E-state index is 11.7. The van der Waals surface area contributed by atoms with E-state index in [1.807, 2.05) is 0 Å². The van der Waals surface area contributed by atoms with E-state index in [-0.39, 0.29) is 6.61 Å². The second-order valence-corrected chi connectivity index (χ2v) is 3.34. The molecule has 0 fully saturated rings. The number of hydrogen-bond acceptors (Lipinski definition) is 5. The summed E-state index contributed by atoms with van der Waals surface area (Å²) in [6, 6.07) is 6.30. The minimum absolute atomic E-state index is 0.132. The van der Waals surface area contributed by atoms with Crippen molar-refractivity contribution in [3.63, 3.8) is 0 Å². The number of esters is 1. The van der Waals surface area contributed by atoms with Crippen molar-refractivity contribution in [1.29, 1.82) is 0 Å². The van der Waals surface area contributed by atoms with Gasteiger partial charge in [0, 0.05) is 11.6 Å². The minimum atomic E-state index is -0.917. The van der Waals surface area contributed by atoms with Crippen molar-refractivity contribution in [2.75, 3.05) is 13.7 Å². The molecule has 0 aliphatic rings. The first-order valence-corrected chi connectivity index (χ1v) is 5.34. The fourth-order valence-corrected chi connectivity index (χ4v) is 1.23. The third-order valence-electron chi connectivity index (χ3n) is 2.13. The summed E-state index contributed by atoms with van der Waals surface area (Å²) in [7, 11) is 1.52. The first kappa shape index (κ1) is 13.8. The molecule has 0 atom stereocenters. The number of aliphatic hydroxyl groups excluding tert-OH is 1. The number of rotatable bonds is 5. The standard InChI is InChI=1S/C13H14O5/c1-3-18-13(16)12(15)8-11(14)9-4-6-10(17-2)7-5-9/h4-8,15H,3H2,1-2H3/b12-8-. The molecule has 0 spiro atoms. The Morgan fingerprint density at radius 2 is 1.89 bits per heavy atom. The molecule has 1 aromatic carbocycles. The Morgan fingerprint density at radius 3 is 2.39 bits per heavy atom. The van der Waals surface area contributed by atoms with Gasteiger partial charge in [-0.2, -0.15) is 0 Å². The van der Waals surface area contributed by atoms with E-state index in [1.165, 1.54) is 19.2 Å². The Morgan fingerprint density at radius 1 is 1.28 bits per heavy atom. The van der Waals surface area contributed by atoms with E-state index in [4.69, 9.17) is 4.74 Å². The zero-order valence-corrected chi connectivity index (χ0v) is 10.2. The van der Waals surface area contributed by atoms with Crippen LogP contribution in [0.15, 0.2) is 36.1 Å². The average Bonchev–Trinajstić information content (AvgIpc) is 2.39. The fourth-order valence-electron chi connectivity index (χ4n) is 1.23. The number of ether oxygens (including phenoxy) is 2. The Bertz CT molecular complexity index is 459. The fraction of sp³-hybridized carbons (Fsp3) is 0.231. The molecule has 0 saturated heterocycles. The third kappa shape index (κ3) is 3.62. The summed E-state index contributed by atoms with van der Waals surface area (Å²) in [6.45, 7) is 1.74. The quantitative estimate of drug-likeness (QED) is 0.374. The molecule has 5 nitrogen and oxygen atoms in total. The first-order valence-electron chi connectivity index (χ1n) is 5.34. The van der Waals surface area contributed by atoms with Crippen LogP contribution in [0.1, 0.15) is 17.3 Å². The van der Waals surface area contributed by atoms with E-state index in [1.54, 1.807) is 19.1 Å². The lowest BCUT2D eigenvalue weighted by Gasteiger charge is -2.01. The zero-order valence-electron chi connectivity index (χ0n) is 10.2. The van der Waals surface area contributed by atoms with Gasteiger partial charge in [-0.3, -0.25) is 4.79 Å². The van der Waals surface area contributed by atoms with Crippen molar-refractivity contribution in [2.24, 2.45) is 0 Å². The van der Waals surface area contributed by atoms with Crippen LogP contribution in [0.5, 0.6) is 5.75 Å². The molecule has 1 N–H and O–H groups in total. The summed E-state index contributed by atoms with van der Waals surface area (Å²) >= 11 is 0. The van der Waals surface area contributed by atoms with E-state index in [0.29, 0.717) is 11.3 Å². The van der Waals surface area contributed by atoms with Crippen molar-refractivity contribution >= 4 is 11.8 Å². The van der Waals surface area contributed by atoms with Crippen LogP contribution in [0.2, 0.25) is 0 Å². The van der Waals surface area contributed by atoms with E-state index >= 15 is 0 Å². The Labute approximate surface area is 105 Å². The topological polar surface area (TPSA) is 72.8 Å². The molecular weight excluding hydrogens is 236 g/mol. The number of methoxy groups -OCH3 is 1. The number of aliphatic hydroxyl groups is 1. The van der Waals surface area contributed by atoms with Crippen molar-refractivity contribution < 1.29 is 24.2 Å². The number of carbonyl (C=O) groups is 2. The highest BCUT2D eigenvalue weighted by Gasteiger charge is 2.11. The zero-order chi connectivity index (χ0) is 13.5. The Balaban J connectivity index is 2.80. The van der Waals surface area contributed by atoms with Gasteiger partial charge < -0.3 is 14.6 Å². The summed E-state index contributed by atoms with van der Waals surface area (Å²) in [5.41, 5.74) is 0.339. The van der Waals surface area contributed by atoms with Crippen LogP contribution >= 0.6 is 0 Å². The Kier molecular flexibility index (Phi) is 4.92. The molecule has 5 heteroatoms. The largest absolute Gasteiger partial charge is 0.502 e. The number of benzene rings is 1. The van der Waals surface area contributed by atoms with Crippen molar-refractivity contribution in [1.82, 2.24) is 0 Å². The molecule has 0 radical (unpaired) electrons. The molecule has 1 rings (SSSR count). The van der Waals surface area contributed by atoms with Crippen molar-refractivity contribution in [2.45, 2.75) is 6.92 Å². The molecule has 0 saturated carbocycles. The molecular formula is C13H14O5. The van der Waals surface area contributed by atoms with Crippen LogP contribution in [0, 0.1) is 0 Å². The van der Waals surface area contributed by atoms with Gasteiger partial charge in [0.2, 0.25) is 5.76 Å². The van der Waals surface area contributed by atoms with Crippen LogP contribution in [-0.4, -0.2) is 30.6 Å². The summed E-state index contributed by atoms with van der Waals surface area (Å²) in [5, 5.41) is 9.32. The van der Waals surface area contributed by atoms with Crippen molar-refractivity contribution in [3.8, 4) is 5.75 Å². The van der Waals surface area contributed by atoms with Gasteiger partial charge in [0.15, 0.2) is 5.78 Å². The third-order valence-corrected chi connectivity index (χ3v) is 2.13. The van der Waals surface area contributed by atoms with Crippen LogP contribution in [0.4, 0.5) is 0 Å². The van der Waals surface area contributed by atoms with Gasteiger partial charge in [-0.05, 0) is 31.2 Å². The van der Waals surface area contributed by atoms with Crippen molar-refractivity contribution in [3.05, 3.63) is 41.7 Å². The lowest BCUT2D eigenvalue weighted by atomic mass is 10.1. The maximum Gasteiger partial charge on any atom is 0.373 e. The summed E-state index contributed by atoms with van der Waals surface area (Å²) in [4.78, 5) is 22.8. The van der Waals surface area contributed by atoms with Gasteiger partial charge in [-0.25, -0.2) is 4.79 Å². The van der Waals surface area contributed by atoms with Gasteiger partial charge >= 0.3 is 5.97 Å². The first-order chi connectivity index (χ1) is 8.58.